The smallest absolute Gasteiger partial charge is 0.0480 e. The number of nitrogens with one attached hydrogen (secondary N) is 1. The summed E-state index contributed by atoms with van der Waals surface area (Å²) in [5.41, 5.74) is 1.43. The zero-order valence-electron chi connectivity index (χ0n) is 14.2. The summed E-state index contributed by atoms with van der Waals surface area (Å²) in [5, 5.41) is 3.82. The molecule has 0 radical (unpaired) electrons. The number of hydrogen-bond acceptors (Lipinski definition) is 2. The van der Waals surface area contributed by atoms with E-state index in [2.05, 4.69) is 68.2 Å². The summed E-state index contributed by atoms with van der Waals surface area (Å²) in [6.45, 7) is 13.0. The van der Waals surface area contributed by atoms with Crippen molar-refractivity contribution in [3.8, 4) is 0 Å². The number of hydrogen-bond donors (Lipinski definition) is 1. The first-order valence-corrected chi connectivity index (χ1v) is 8.65. The van der Waals surface area contributed by atoms with Crippen LogP contribution in [0.1, 0.15) is 52.1 Å². The fourth-order valence-electron chi connectivity index (χ4n) is 3.65. The highest BCUT2D eigenvalue weighted by atomic mass is 15.2. The molecule has 1 N–H and O–H groups in total. The van der Waals surface area contributed by atoms with Gasteiger partial charge in [0.15, 0.2) is 0 Å². The molecule has 3 atom stereocenters. The van der Waals surface area contributed by atoms with Gasteiger partial charge < -0.3 is 5.32 Å². The minimum atomic E-state index is 0.441. The van der Waals surface area contributed by atoms with Crippen molar-refractivity contribution in [3.05, 3.63) is 35.9 Å². The van der Waals surface area contributed by atoms with Gasteiger partial charge in [-0.15, -0.1) is 0 Å². The van der Waals surface area contributed by atoms with Gasteiger partial charge in [0, 0.05) is 18.6 Å². The van der Waals surface area contributed by atoms with E-state index in [1.165, 1.54) is 31.5 Å². The van der Waals surface area contributed by atoms with Gasteiger partial charge >= 0.3 is 0 Å². The van der Waals surface area contributed by atoms with Crippen LogP contribution >= 0.6 is 0 Å². The van der Waals surface area contributed by atoms with Crippen molar-refractivity contribution in [2.24, 2.45) is 11.8 Å². The van der Waals surface area contributed by atoms with E-state index < -0.39 is 0 Å². The van der Waals surface area contributed by atoms with Crippen LogP contribution in [-0.4, -0.2) is 30.6 Å². The van der Waals surface area contributed by atoms with Crippen molar-refractivity contribution in [2.45, 2.75) is 52.6 Å². The largest absolute Gasteiger partial charge is 0.309 e. The van der Waals surface area contributed by atoms with Gasteiger partial charge in [0.1, 0.15) is 0 Å². The van der Waals surface area contributed by atoms with E-state index in [0.717, 1.165) is 12.5 Å². The van der Waals surface area contributed by atoms with E-state index in [9.17, 15) is 0 Å². The first-order valence-electron chi connectivity index (χ1n) is 8.65. The third-order valence-corrected chi connectivity index (χ3v) is 4.67. The molecule has 0 aliphatic carbocycles. The summed E-state index contributed by atoms with van der Waals surface area (Å²) >= 11 is 0. The van der Waals surface area contributed by atoms with Crippen molar-refractivity contribution < 1.29 is 0 Å². The van der Waals surface area contributed by atoms with Crippen LogP contribution in [0.5, 0.6) is 0 Å². The Hall–Kier alpha value is -0.860. The van der Waals surface area contributed by atoms with Gasteiger partial charge in [-0.05, 0) is 43.3 Å². The molecule has 0 bridgehead atoms. The predicted octanol–water partition coefficient (Wildman–Crippen LogP) is 4.09. The Balaban J connectivity index is 2.22. The van der Waals surface area contributed by atoms with Crippen molar-refractivity contribution in [3.63, 3.8) is 0 Å². The maximum atomic E-state index is 3.82. The number of likely N-dealkylation sites (tertiary alicyclic amines) is 1. The maximum Gasteiger partial charge on any atom is 0.0480 e. The van der Waals surface area contributed by atoms with Crippen molar-refractivity contribution >= 4 is 0 Å². The predicted molar refractivity (Wildman–Crippen MR) is 91.5 cm³/mol. The summed E-state index contributed by atoms with van der Waals surface area (Å²) in [4.78, 5) is 2.72. The molecule has 1 aromatic carbocycles. The Morgan fingerprint density at radius 2 is 1.95 bits per heavy atom. The summed E-state index contributed by atoms with van der Waals surface area (Å²) in [6.07, 6.45) is 2.53. The molecule has 21 heavy (non-hydrogen) atoms. The van der Waals surface area contributed by atoms with E-state index in [0.29, 0.717) is 18.0 Å². The second kappa shape index (κ2) is 7.95. The summed E-state index contributed by atoms with van der Waals surface area (Å²) in [7, 11) is 0. The molecule has 1 fully saturated rings. The topological polar surface area (TPSA) is 15.3 Å². The first-order chi connectivity index (χ1) is 10.1. The molecule has 0 saturated carbocycles. The van der Waals surface area contributed by atoms with Gasteiger partial charge in [0.05, 0.1) is 0 Å². The van der Waals surface area contributed by atoms with Gasteiger partial charge in [-0.25, -0.2) is 0 Å². The lowest BCUT2D eigenvalue weighted by Gasteiger charge is -2.38. The van der Waals surface area contributed by atoms with Crippen LogP contribution in [0.3, 0.4) is 0 Å². The van der Waals surface area contributed by atoms with E-state index in [4.69, 9.17) is 0 Å². The lowest BCUT2D eigenvalue weighted by atomic mass is 9.89. The van der Waals surface area contributed by atoms with Crippen LogP contribution in [0, 0.1) is 11.8 Å². The van der Waals surface area contributed by atoms with Crippen LogP contribution in [0.2, 0.25) is 0 Å². The van der Waals surface area contributed by atoms with Gasteiger partial charge in [-0.3, -0.25) is 4.90 Å². The molecule has 1 saturated heterocycles. The van der Waals surface area contributed by atoms with Crippen molar-refractivity contribution in [1.29, 1.82) is 0 Å². The Labute approximate surface area is 130 Å². The third-order valence-electron chi connectivity index (χ3n) is 4.67. The molecule has 2 rings (SSSR count). The van der Waals surface area contributed by atoms with Gasteiger partial charge in [0.2, 0.25) is 0 Å². The average molecular weight is 288 g/mol. The Kier molecular flexibility index (Phi) is 6.25. The van der Waals surface area contributed by atoms with Crippen LogP contribution in [-0.2, 0) is 0 Å². The normalized spacial score (nSPS) is 22.6. The quantitative estimate of drug-likeness (QED) is 0.813. The molecular weight excluding hydrogens is 256 g/mol. The second-order valence-corrected chi connectivity index (χ2v) is 6.97. The zero-order chi connectivity index (χ0) is 15.2. The van der Waals surface area contributed by atoms with Crippen LogP contribution in [0.25, 0.3) is 0 Å². The molecule has 0 aromatic heterocycles. The van der Waals surface area contributed by atoms with Gasteiger partial charge in [-0.1, -0.05) is 58.0 Å². The SMILES string of the molecule is CCCNC(c1ccccc1)C(C(C)C)N1CCC(C)C1. The molecule has 2 nitrogen and oxygen atoms in total. The highest BCUT2D eigenvalue weighted by Gasteiger charge is 2.34. The molecule has 1 aliphatic heterocycles. The molecule has 3 unspecified atom stereocenters. The fraction of sp³-hybridized carbons (Fsp3) is 0.684. The number of benzene rings is 1. The summed E-state index contributed by atoms with van der Waals surface area (Å²) < 4.78 is 0. The minimum Gasteiger partial charge on any atom is -0.309 e. The molecule has 1 heterocycles. The van der Waals surface area contributed by atoms with Crippen LogP contribution < -0.4 is 5.32 Å². The average Bonchev–Trinajstić information content (AvgIpc) is 2.90. The van der Waals surface area contributed by atoms with E-state index in [1.807, 2.05) is 0 Å². The fourth-order valence-corrected chi connectivity index (χ4v) is 3.65. The van der Waals surface area contributed by atoms with Crippen molar-refractivity contribution in [2.75, 3.05) is 19.6 Å². The minimum absolute atomic E-state index is 0.441. The molecule has 1 aliphatic rings. The summed E-state index contributed by atoms with van der Waals surface area (Å²) in [5.74, 6) is 1.50. The molecule has 0 spiro atoms. The Morgan fingerprint density at radius 1 is 1.24 bits per heavy atom. The summed E-state index contributed by atoms with van der Waals surface area (Å²) in [6, 6.07) is 12.0. The molecule has 1 aromatic rings. The Morgan fingerprint density at radius 3 is 2.48 bits per heavy atom. The standard InChI is InChI=1S/C19H32N2/c1-5-12-20-18(17-9-7-6-8-10-17)19(15(2)3)21-13-11-16(4)14-21/h6-10,15-16,18-20H,5,11-14H2,1-4H3. The maximum absolute atomic E-state index is 3.82. The third kappa shape index (κ3) is 4.31. The van der Waals surface area contributed by atoms with E-state index in [-0.39, 0.29) is 0 Å². The number of nitrogens with zero attached hydrogens (tertiary/aromatic N) is 1. The molecule has 118 valence electrons. The van der Waals surface area contributed by atoms with Crippen LogP contribution in [0.15, 0.2) is 30.3 Å². The van der Waals surface area contributed by atoms with E-state index in [1.54, 1.807) is 0 Å². The molecular formula is C19H32N2. The lowest BCUT2D eigenvalue weighted by molar-refractivity contribution is 0.141. The van der Waals surface area contributed by atoms with Crippen LogP contribution in [0.4, 0.5) is 0 Å². The number of rotatable bonds is 7. The monoisotopic (exact) mass is 288 g/mol. The molecule has 0 amide bonds. The van der Waals surface area contributed by atoms with Gasteiger partial charge in [-0.2, -0.15) is 0 Å². The highest BCUT2D eigenvalue weighted by Crippen LogP contribution is 2.30. The lowest BCUT2D eigenvalue weighted by Crippen LogP contribution is -2.47. The Bertz CT molecular complexity index is 401. The van der Waals surface area contributed by atoms with E-state index >= 15 is 0 Å². The van der Waals surface area contributed by atoms with Crippen molar-refractivity contribution in [1.82, 2.24) is 10.2 Å². The zero-order valence-corrected chi connectivity index (χ0v) is 14.2. The second-order valence-electron chi connectivity index (χ2n) is 6.97. The van der Waals surface area contributed by atoms with Gasteiger partial charge in [0.25, 0.3) is 0 Å². The highest BCUT2D eigenvalue weighted by molar-refractivity contribution is 5.21. The first kappa shape index (κ1) is 16.5. The molecule has 2 heteroatoms.